The first-order valence-corrected chi connectivity index (χ1v) is 11.6. The van der Waals surface area contributed by atoms with E-state index >= 15 is 0 Å². The number of amides is 1. The monoisotopic (exact) mass is 460 g/mol. The van der Waals surface area contributed by atoms with Gasteiger partial charge < -0.3 is 10.2 Å². The average molecular weight is 461 g/mol. The second-order valence-electron chi connectivity index (χ2n) is 8.64. The molecule has 1 aromatic heterocycles. The van der Waals surface area contributed by atoms with E-state index in [4.69, 9.17) is 0 Å². The lowest BCUT2D eigenvalue weighted by Gasteiger charge is -2.28. The van der Waals surface area contributed by atoms with Crippen molar-refractivity contribution in [3.8, 4) is 6.07 Å². The molecule has 0 spiro atoms. The number of carbonyl (C=O) groups is 1. The van der Waals surface area contributed by atoms with Crippen LogP contribution in [-0.4, -0.2) is 51.3 Å². The second kappa shape index (κ2) is 9.50. The van der Waals surface area contributed by atoms with Gasteiger partial charge in [0.05, 0.1) is 7.11 Å². The largest absolute Gasteiger partial charge is 0.358 e. The molecule has 32 heavy (non-hydrogen) atoms. The number of rotatable bonds is 7. The molecule has 1 aromatic carbocycles. The highest BCUT2D eigenvalue weighted by Crippen LogP contribution is 2.30. The number of sulfone groups is 1. The van der Waals surface area contributed by atoms with Crippen LogP contribution < -0.4 is 15.7 Å². The number of hydrogen-bond acceptors (Lipinski definition) is 9. The summed E-state index contributed by atoms with van der Waals surface area (Å²) in [6.07, 6.45) is 1.01. The summed E-state index contributed by atoms with van der Waals surface area (Å²) in [6, 6.07) is 6.97. The maximum Gasteiger partial charge on any atom is 0.274 e. The van der Waals surface area contributed by atoms with Crippen molar-refractivity contribution in [2.24, 2.45) is 5.41 Å². The Morgan fingerprint density at radius 3 is 2.47 bits per heavy atom. The summed E-state index contributed by atoms with van der Waals surface area (Å²) in [5.74, 6) is -0.224. The Balaban J connectivity index is 2.66. The molecule has 0 aliphatic heterocycles. The molecule has 0 aliphatic rings. The van der Waals surface area contributed by atoms with Crippen molar-refractivity contribution in [2.45, 2.75) is 32.9 Å². The number of aryl methyl sites for hydroxylation is 1. The lowest BCUT2D eigenvalue weighted by atomic mass is 9.96. The summed E-state index contributed by atoms with van der Waals surface area (Å²) in [5, 5.41) is 12.5. The van der Waals surface area contributed by atoms with E-state index in [9.17, 15) is 18.5 Å². The molecule has 10 nitrogen and oxygen atoms in total. The summed E-state index contributed by atoms with van der Waals surface area (Å²) >= 11 is 0. The van der Waals surface area contributed by atoms with Gasteiger partial charge in [-0.15, -0.1) is 0 Å². The van der Waals surface area contributed by atoms with Gasteiger partial charge in [-0.2, -0.15) is 15.2 Å². The van der Waals surface area contributed by atoms with E-state index in [1.807, 2.05) is 20.8 Å². The van der Waals surface area contributed by atoms with Gasteiger partial charge in [0.25, 0.3) is 11.1 Å². The van der Waals surface area contributed by atoms with Gasteiger partial charge in [0.2, 0.25) is 9.84 Å². The zero-order chi connectivity index (χ0) is 24.3. The Hall–Kier alpha value is -3.23. The van der Waals surface area contributed by atoms with E-state index in [1.54, 1.807) is 37.1 Å². The van der Waals surface area contributed by atoms with Crippen molar-refractivity contribution in [1.29, 1.82) is 5.26 Å². The summed E-state index contributed by atoms with van der Waals surface area (Å²) in [5.41, 5.74) is 3.74. The van der Waals surface area contributed by atoms with Crippen LogP contribution in [0, 0.1) is 23.7 Å². The number of nitriles is 1. The summed E-state index contributed by atoms with van der Waals surface area (Å²) in [7, 11) is -0.692. The van der Waals surface area contributed by atoms with Gasteiger partial charge in [-0.3, -0.25) is 9.63 Å². The Morgan fingerprint density at radius 1 is 1.28 bits per heavy atom. The van der Waals surface area contributed by atoms with Crippen molar-refractivity contribution in [1.82, 2.24) is 15.4 Å². The van der Waals surface area contributed by atoms with Gasteiger partial charge >= 0.3 is 0 Å². The molecule has 1 heterocycles. The fourth-order valence-corrected chi connectivity index (χ4v) is 3.54. The van der Waals surface area contributed by atoms with Gasteiger partial charge in [-0.25, -0.2) is 13.9 Å². The SMILES string of the molecule is CONC(=O)c1ccc(C)c(Nc2nc(S(C)(=O)=O)nc(N(C)CC(C)(C)C)c2C#N)c1. The van der Waals surface area contributed by atoms with Crippen molar-refractivity contribution < 1.29 is 18.0 Å². The Bertz CT molecular complexity index is 1170. The summed E-state index contributed by atoms with van der Waals surface area (Å²) in [6.45, 7) is 8.39. The number of benzene rings is 1. The van der Waals surface area contributed by atoms with Crippen LogP contribution in [0.2, 0.25) is 0 Å². The normalized spacial score (nSPS) is 11.6. The van der Waals surface area contributed by atoms with Crippen molar-refractivity contribution in [3.05, 3.63) is 34.9 Å². The molecule has 0 aliphatic carbocycles. The predicted octanol–water partition coefficient (Wildman–Crippen LogP) is 2.58. The van der Waals surface area contributed by atoms with E-state index in [2.05, 4.69) is 31.7 Å². The fourth-order valence-electron chi connectivity index (χ4n) is 3.03. The minimum atomic E-state index is -3.76. The molecule has 0 atom stereocenters. The molecule has 2 N–H and O–H groups in total. The molecular formula is C21H28N6O4S. The minimum Gasteiger partial charge on any atom is -0.358 e. The maximum atomic E-state index is 12.3. The van der Waals surface area contributed by atoms with E-state index < -0.39 is 20.9 Å². The molecule has 11 heteroatoms. The highest BCUT2D eigenvalue weighted by molar-refractivity contribution is 7.90. The van der Waals surface area contributed by atoms with Gasteiger partial charge in [-0.1, -0.05) is 26.8 Å². The van der Waals surface area contributed by atoms with Crippen LogP contribution in [0.4, 0.5) is 17.3 Å². The van der Waals surface area contributed by atoms with Crippen molar-refractivity contribution >= 4 is 33.1 Å². The van der Waals surface area contributed by atoms with E-state index in [0.717, 1.165) is 11.8 Å². The zero-order valence-electron chi connectivity index (χ0n) is 19.3. The zero-order valence-corrected chi connectivity index (χ0v) is 20.1. The number of nitrogens with zero attached hydrogens (tertiary/aromatic N) is 4. The molecule has 0 saturated heterocycles. The van der Waals surface area contributed by atoms with Crippen LogP contribution in [0.25, 0.3) is 0 Å². The molecule has 172 valence electrons. The smallest absolute Gasteiger partial charge is 0.274 e. The third-order valence-electron chi connectivity index (χ3n) is 4.33. The third-order valence-corrected chi connectivity index (χ3v) is 5.18. The lowest BCUT2D eigenvalue weighted by Crippen LogP contribution is -2.31. The molecule has 0 saturated carbocycles. The topological polar surface area (TPSA) is 137 Å². The Labute approximate surface area is 188 Å². The molecule has 1 amide bonds. The summed E-state index contributed by atoms with van der Waals surface area (Å²) < 4.78 is 24.5. The van der Waals surface area contributed by atoms with Crippen LogP contribution in [0.15, 0.2) is 23.4 Å². The van der Waals surface area contributed by atoms with Gasteiger partial charge in [0, 0.05) is 31.1 Å². The number of carbonyl (C=O) groups excluding carboxylic acids is 1. The van der Waals surface area contributed by atoms with Crippen LogP contribution >= 0.6 is 0 Å². The number of hydrogen-bond donors (Lipinski definition) is 2. The molecule has 0 unspecified atom stereocenters. The summed E-state index contributed by atoms with van der Waals surface area (Å²) in [4.78, 5) is 26.8. The van der Waals surface area contributed by atoms with E-state index in [-0.39, 0.29) is 22.6 Å². The third kappa shape index (κ3) is 6.15. The highest BCUT2D eigenvalue weighted by Gasteiger charge is 2.25. The number of hydroxylamine groups is 1. The number of anilines is 3. The molecular weight excluding hydrogens is 432 g/mol. The average Bonchev–Trinajstić information content (AvgIpc) is 2.67. The Kier molecular flexibility index (Phi) is 7.43. The quantitative estimate of drug-likeness (QED) is 0.471. The predicted molar refractivity (Wildman–Crippen MR) is 122 cm³/mol. The first-order chi connectivity index (χ1) is 14.8. The van der Waals surface area contributed by atoms with Gasteiger partial charge in [0.1, 0.15) is 11.6 Å². The van der Waals surface area contributed by atoms with Crippen molar-refractivity contribution in [2.75, 3.05) is 37.2 Å². The molecule has 0 radical (unpaired) electrons. The van der Waals surface area contributed by atoms with Crippen LogP contribution in [0.3, 0.4) is 0 Å². The minimum absolute atomic E-state index is 0.0334. The molecule has 0 fully saturated rings. The lowest BCUT2D eigenvalue weighted by molar-refractivity contribution is 0.0537. The van der Waals surface area contributed by atoms with Gasteiger partial charge in [0.15, 0.2) is 11.6 Å². The van der Waals surface area contributed by atoms with E-state index in [0.29, 0.717) is 17.8 Å². The van der Waals surface area contributed by atoms with Crippen molar-refractivity contribution in [3.63, 3.8) is 0 Å². The number of aromatic nitrogens is 2. The van der Waals surface area contributed by atoms with Crippen LogP contribution in [-0.2, 0) is 14.7 Å². The Morgan fingerprint density at radius 2 is 1.94 bits per heavy atom. The molecule has 2 aromatic rings. The van der Waals surface area contributed by atoms with Crippen LogP contribution in [0.5, 0.6) is 0 Å². The standard InChI is InChI=1S/C21H28N6O4S/c1-13-8-9-14(19(28)26-31-6)10-16(13)23-17-15(11-22)18(27(5)12-21(2,3)4)25-20(24-17)32(7,29)30/h8-10H,12H2,1-7H3,(H,26,28)(H,23,24,25). The fraction of sp³-hybridized carbons (Fsp3) is 0.429. The van der Waals surface area contributed by atoms with E-state index in [1.165, 1.54) is 7.11 Å². The maximum absolute atomic E-state index is 12.3. The first kappa shape index (κ1) is 25.0. The van der Waals surface area contributed by atoms with Gasteiger partial charge in [-0.05, 0) is 30.0 Å². The number of nitrogens with one attached hydrogen (secondary N) is 2. The van der Waals surface area contributed by atoms with Crippen LogP contribution in [0.1, 0.15) is 42.3 Å². The highest BCUT2D eigenvalue weighted by atomic mass is 32.2. The molecule has 0 bridgehead atoms. The second-order valence-corrected chi connectivity index (χ2v) is 10.6. The molecule has 2 rings (SSSR count). The first-order valence-electron chi connectivity index (χ1n) is 9.71.